The number of likely N-dealkylation sites (N-methyl/N-ethyl adjacent to an activating group) is 1. The molecule has 0 radical (unpaired) electrons. The van der Waals surface area contributed by atoms with E-state index in [-0.39, 0.29) is 17.9 Å². The second-order valence-electron chi connectivity index (χ2n) is 9.33. The summed E-state index contributed by atoms with van der Waals surface area (Å²) in [5, 5.41) is 0. The number of ketones is 1. The molecular weight excluding hydrogens is 418 g/mol. The molecule has 2 bridgehead atoms. The van der Waals surface area contributed by atoms with Crippen molar-refractivity contribution in [2.75, 3.05) is 43.0 Å². The number of anilines is 2. The standard InChI is InChI=1S/C30H39N3O/c1-6-32(7-2)24-14-10-22(11-15-24)20-26-28-18-19-29(31(28)5)27(30(26)34)21-23-12-16-25(17-13-23)33(8-3)9-4/h10-17,20-21,28-29H,6-9,18-19H2,1-5H3/b26-20-,27-21-. The Morgan fingerprint density at radius 3 is 1.38 bits per heavy atom. The van der Waals surface area contributed by atoms with Crippen molar-refractivity contribution >= 4 is 29.3 Å². The average Bonchev–Trinajstić information content (AvgIpc) is 3.18. The first-order valence-corrected chi connectivity index (χ1v) is 12.9. The van der Waals surface area contributed by atoms with Gasteiger partial charge in [0.25, 0.3) is 0 Å². The van der Waals surface area contributed by atoms with E-state index in [4.69, 9.17) is 0 Å². The van der Waals surface area contributed by atoms with Gasteiger partial charge in [-0.1, -0.05) is 24.3 Å². The first-order valence-electron chi connectivity index (χ1n) is 12.9. The van der Waals surface area contributed by atoms with Gasteiger partial charge in [-0.05, 0) is 95.1 Å². The number of hydrogen-bond donors (Lipinski definition) is 0. The van der Waals surface area contributed by atoms with Crippen molar-refractivity contribution in [1.82, 2.24) is 4.90 Å². The van der Waals surface area contributed by atoms with Crippen LogP contribution in [0.1, 0.15) is 51.7 Å². The summed E-state index contributed by atoms with van der Waals surface area (Å²) in [6.07, 6.45) is 6.31. The maximum Gasteiger partial charge on any atom is 0.188 e. The van der Waals surface area contributed by atoms with Crippen LogP contribution in [-0.2, 0) is 4.79 Å². The van der Waals surface area contributed by atoms with Crippen molar-refractivity contribution in [2.24, 2.45) is 0 Å². The van der Waals surface area contributed by atoms with Gasteiger partial charge < -0.3 is 9.80 Å². The molecule has 34 heavy (non-hydrogen) atoms. The molecule has 0 spiro atoms. The van der Waals surface area contributed by atoms with Crippen LogP contribution in [-0.4, -0.2) is 56.0 Å². The van der Waals surface area contributed by atoms with Crippen LogP contribution in [0.25, 0.3) is 12.2 Å². The molecule has 2 aromatic rings. The minimum absolute atomic E-state index is 0.210. The lowest BCUT2D eigenvalue weighted by Gasteiger charge is -2.34. The monoisotopic (exact) mass is 457 g/mol. The molecule has 4 rings (SSSR count). The minimum Gasteiger partial charge on any atom is -0.372 e. The number of hydrogen-bond acceptors (Lipinski definition) is 4. The topological polar surface area (TPSA) is 26.8 Å². The van der Waals surface area contributed by atoms with E-state index in [0.717, 1.165) is 61.3 Å². The highest BCUT2D eigenvalue weighted by Crippen LogP contribution is 2.40. The molecule has 2 aliphatic heterocycles. The zero-order valence-corrected chi connectivity index (χ0v) is 21.4. The predicted octanol–water partition coefficient (Wildman–Crippen LogP) is 5.89. The third kappa shape index (κ3) is 4.69. The molecule has 0 aliphatic carbocycles. The molecule has 2 heterocycles. The SMILES string of the molecule is CCN(CC)c1ccc(/C=C2\C(=O)/C(=C\c3ccc(N(CC)CC)cc3)C3CCC2N3C)cc1. The van der Waals surface area contributed by atoms with Gasteiger partial charge in [-0.2, -0.15) is 0 Å². The Bertz CT molecular complexity index is 960. The Kier molecular flexibility index (Phi) is 7.57. The summed E-state index contributed by atoms with van der Waals surface area (Å²) in [6.45, 7) is 12.7. The molecule has 2 aliphatic rings. The number of rotatable bonds is 8. The van der Waals surface area contributed by atoms with Crippen molar-refractivity contribution in [3.05, 3.63) is 70.8 Å². The summed E-state index contributed by atoms with van der Waals surface area (Å²) in [4.78, 5) is 20.8. The van der Waals surface area contributed by atoms with Crippen molar-refractivity contribution in [2.45, 2.75) is 52.6 Å². The summed E-state index contributed by atoms with van der Waals surface area (Å²) in [6, 6.07) is 17.7. The van der Waals surface area contributed by atoms with Gasteiger partial charge in [0.2, 0.25) is 0 Å². The largest absolute Gasteiger partial charge is 0.372 e. The van der Waals surface area contributed by atoms with Crippen molar-refractivity contribution in [1.29, 1.82) is 0 Å². The zero-order chi connectivity index (χ0) is 24.2. The van der Waals surface area contributed by atoms with Crippen LogP contribution in [0.2, 0.25) is 0 Å². The van der Waals surface area contributed by atoms with Crippen LogP contribution in [0.4, 0.5) is 11.4 Å². The Labute approximate surface area is 205 Å². The molecule has 0 N–H and O–H groups in total. The quantitative estimate of drug-likeness (QED) is 0.462. The average molecular weight is 458 g/mol. The number of fused-ring (bicyclic) bond motifs is 2. The Morgan fingerprint density at radius 2 is 1.06 bits per heavy atom. The van der Waals surface area contributed by atoms with Gasteiger partial charge in [-0.15, -0.1) is 0 Å². The molecule has 4 heteroatoms. The Balaban J connectivity index is 1.63. The van der Waals surface area contributed by atoms with E-state index >= 15 is 0 Å². The summed E-state index contributed by atoms with van der Waals surface area (Å²) < 4.78 is 0. The maximum atomic E-state index is 13.7. The highest BCUT2D eigenvalue weighted by Gasteiger charge is 2.44. The second kappa shape index (κ2) is 10.6. The molecule has 2 aromatic carbocycles. The summed E-state index contributed by atoms with van der Waals surface area (Å²) >= 11 is 0. The van der Waals surface area contributed by atoms with Gasteiger partial charge in [0.15, 0.2) is 5.78 Å². The molecule has 2 fully saturated rings. The Hall–Kier alpha value is -2.85. The van der Waals surface area contributed by atoms with E-state index in [1.165, 1.54) is 11.4 Å². The van der Waals surface area contributed by atoms with Crippen molar-refractivity contribution < 1.29 is 4.79 Å². The normalized spacial score (nSPS) is 22.6. The summed E-state index contributed by atoms with van der Waals surface area (Å²) in [5.74, 6) is 0.214. The highest BCUT2D eigenvalue weighted by molar-refractivity contribution is 6.16. The van der Waals surface area contributed by atoms with E-state index in [1.54, 1.807) is 0 Å². The third-order valence-corrected chi connectivity index (χ3v) is 7.63. The smallest absolute Gasteiger partial charge is 0.188 e. The van der Waals surface area contributed by atoms with Crippen LogP contribution < -0.4 is 9.80 Å². The lowest BCUT2D eigenvalue weighted by atomic mass is 9.88. The van der Waals surface area contributed by atoms with Crippen molar-refractivity contribution in [3.8, 4) is 0 Å². The van der Waals surface area contributed by atoms with E-state index in [9.17, 15) is 4.79 Å². The van der Waals surface area contributed by atoms with Crippen LogP contribution in [0.5, 0.6) is 0 Å². The number of Topliss-reactive ketones (excluding diaryl/α,β-unsaturated/α-hetero) is 1. The fraction of sp³-hybridized carbons (Fsp3) is 0.433. The second-order valence-corrected chi connectivity index (χ2v) is 9.33. The first kappa shape index (κ1) is 24.3. The van der Waals surface area contributed by atoms with Gasteiger partial charge in [0, 0.05) is 60.8 Å². The van der Waals surface area contributed by atoms with Crippen molar-refractivity contribution in [3.63, 3.8) is 0 Å². The molecule has 2 atom stereocenters. The molecule has 0 aromatic heterocycles. The molecule has 0 saturated carbocycles. The first-order chi connectivity index (χ1) is 16.5. The van der Waals surface area contributed by atoms with Crippen LogP contribution in [0.3, 0.4) is 0 Å². The minimum atomic E-state index is 0.210. The Morgan fingerprint density at radius 1 is 0.706 bits per heavy atom. The fourth-order valence-electron chi connectivity index (χ4n) is 5.58. The molecule has 180 valence electrons. The molecule has 2 saturated heterocycles. The molecule has 0 amide bonds. The van der Waals surface area contributed by atoms with Gasteiger partial charge in [-0.25, -0.2) is 0 Å². The van der Waals surface area contributed by atoms with Crippen LogP contribution >= 0.6 is 0 Å². The number of piperidine rings is 1. The maximum absolute atomic E-state index is 13.7. The van der Waals surface area contributed by atoms with Gasteiger partial charge in [0.05, 0.1) is 0 Å². The third-order valence-electron chi connectivity index (χ3n) is 7.63. The molecular formula is C30H39N3O. The van der Waals surface area contributed by atoms with Gasteiger partial charge >= 0.3 is 0 Å². The van der Waals surface area contributed by atoms with Crippen LogP contribution in [0.15, 0.2) is 59.7 Å². The number of nitrogens with zero attached hydrogens (tertiary/aromatic N) is 3. The highest BCUT2D eigenvalue weighted by atomic mass is 16.1. The summed E-state index contributed by atoms with van der Waals surface area (Å²) in [7, 11) is 2.17. The van der Waals surface area contributed by atoms with E-state index in [0.29, 0.717) is 0 Å². The predicted molar refractivity (Wildman–Crippen MR) is 146 cm³/mol. The molecule has 4 nitrogen and oxygen atoms in total. The lowest BCUT2D eigenvalue weighted by molar-refractivity contribution is -0.114. The number of carbonyl (C=O) groups is 1. The fourth-order valence-corrected chi connectivity index (χ4v) is 5.58. The number of carbonyl (C=O) groups excluding carboxylic acids is 1. The van der Waals surface area contributed by atoms with E-state index < -0.39 is 0 Å². The van der Waals surface area contributed by atoms with Crippen LogP contribution in [0, 0.1) is 0 Å². The van der Waals surface area contributed by atoms with E-state index in [2.05, 4.69) is 110 Å². The van der Waals surface area contributed by atoms with Gasteiger partial charge in [-0.3, -0.25) is 9.69 Å². The number of benzene rings is 2. The van der Waals surface area contributed by atoms with E-state index in [1.807, 2.05) is 0 Å². The van der Waals surface area contributed by atoms with Gasteiger partial charge in [0.1, 0.15) is 0 Å². The summed E-state index contributed by atoms with van der Waals surface area (Å²) in [5.41, 5.74) is 6.51. The zero-order valence-electron chi connectivity index (χ0n) is 21.4. The molecule has 2 unspecified atom stereocenters. The lowest BCUT2D eigenvalue weighted by Crippen LogP contribution is -2.43.